The van der Waals surface area contributed by atoms with Gasteiger partial charge in [0, 0.05) is 11.0 Å². The molecule has 0 saturated heterocycles. The maximum Gasteiger partial charge on any atom is 0.417 e. The lowest BCUT2D eigenvalue weighted by molar-refractivity contribution is -0.137. The minimum absolute atomic E-state index is 0.176. The summed E-state index contributed by atoms with van der Waals surface area (Å²) < 4.78 is 43.7. The van der Waals surface area contributed by atoms with Crippen LogP contribution in [0.1, 0.15) is 44.8 Å². The van der Waals surface area contributed by atoms with Gasteiger partial charge in [-0.3, -0.25) is 4.79 Å². The Kier molecular flexibility index (Phi) is 6.33. The highest BCUT2D eigenvalue weighted by Gasteiger charge is 2.33. The van der Waals surface area contributed by atoms with E-state index in [4.69, 9.17) is 16.3 Å². The number of aryl methyl sites for hydroxylation is 1. The highest BCUT2D eigenvalue weighted by molar-refractivity contribution is 7.17. The number of methoxy groups -OCH3 is 1. The number of hydrogen-bond acceptors (Lipinski definition) is 4. The Balaban J connectivity index is 1.81. The molecular formula is C20H17ClF3NO3S. The number of hydrogen-bond donors (Lipinski definition) is 1. The second-order valence-electron chi connectivity index (χ2n) is 6.47. The molecule has 1 aromatic heterocycles. The number of rotatable bonds is 4. The third-order valence-electron chi connectivity index (χ3n) is 4.52. The van der Waals surface area contributed by atoms with Crippen molar-refractivity contribution in [3.63, 3.8) is 0 Å². The summed E-state index contributed by atoms with van der Waals surface area (Å²) in [5.74, 6) is -1.08. The van der Waals surface area contributed by atoms with Crippen molar-refractivity contribution in [1.82, 2.24) is 0 Å². The highest BCUT2D eigenvalue weighted by Crippen LogP contribution is 2.39. The smallest absolute Gasteiger partial charge is 0.417 e. The van der Waals surface area contributed by atoms with Crippen LogP contribution in [-0.4, -0.2) is 19.0 Å². The molecule has 0 atom stereocenters. The van der Waals surface area contributed by atoms with Crippen molar-refractivity contribution < 1.29 is 27.5 Å². The summed E-state index contributed by atoms with van der Waals surface area (Å²) in [7, 11) is 1.28. The average Bonchev–Trinajstić information content (AvgIpc) is 3.03. The number of carbonyl (C=O) groups excluding carboxylic acids is 2. The Morgan fingerprint density at radius 3 is 2.66 bits per heavy atom. The molecular weight excluding hydrogens is 427 g/mol. The fraction of sp³-hybridized carbons (Fsp3) is 0.300. The normalized spacial score (nSPS) is 14.0. The van der Waals surface area contributed by atoms with Gasteiger partial charge in [0.25, 0.3) is 0 Å². The van der Waals surface area contributed by atoms with Crippen molar-refractivity contribution in [1.29, 1.82) is 0 Å². The lowest BCUT2D eigenvalue weighted by Gasteiger charge is -2.11. The second-order valence-corrected chi connectivity index (χ2v) is 7.98. The largest absolute Gasteiger partial charge is 0.465 e. The van der Waals surface area contributed by atoms with E-state index >= 15 is 0 Å². The number of alkyl halides is 3. The first-order valence-electron chi connectivity index (χ1n) is 8.79. The van der Waals surface area contributed by atoms with E-state index in [1.165, 1.54) is 30.6 Å². The van der Waals surface area contributed by atoms with E-state index in [2.05, 4.69) is 5.32 Å². The van der Waals surface area contributed by atoms with Crippen molar-refractivity contribution in [2.24, 2.45) is 0 Å². The number of fused-ring (bicyclic) bond motifs is 1. The lowest BCUT2D eigenvalue weighted by Crippen LogP contribution is -2.13. The first-order chi connectivity index (χ1) is 13.7. The molecule has 1 aliphatic rings. The molecule has 0 bridgehead atoms. The topological polar surface area (TPSA) is 55.4 Å². The van der Waals surface area contributed by atoms with Gasteiger partial charge in [0.2, 0.25) is 5.91 Å². The summed E-state index contributed by atoms with van der Waals surface area (Å²) in [6, 6.07) is 3.38. The predicted molar refractivity (Wildman–Crippen MR) is 106 cm³/mol. The van der Waals surface area contributed by atoms with Crippen LogP contribution in [-0.2, 0) is 28.5 Å². The number of anilines is 1. The molecule has 0 saturated carbocycles. The Bertz CT molecular complexity index is 982. The summed E-state index contributed by atoms with van der Waals surface area (Å²) >= 11 is 6.93. The first-order valence-corrected chi connectivity index (χ1v) is 9.99. The van der Waals surface area contributed by atoms with Crippen molar-refractivity contribution >= 4 is 45.9 Å². The molecule has 1 aliphatic carbocycles. The van der Waals surface area contributed by atoms with E-state index in [0.29, 0.717) is 10.6 Å². The highest BCUT2D eigenvalue weighted by atomic mass is 35.5. The van der Waals surface area contributed by atoms with Crippen LogP contribution in [0.3, 0.4) is 0 Å². The van der Waals surface area contributed by atoms with Gasteiger partial charge in [-0.1, -0.05) is 17.7 Å². The quantitative estimate of drug-likeness (QED) is 0.484. The number of thiophene rings is 1. The SMILES string of the molecule is COC(=O)c1c(NC(=O)/C=C/c2ccc(Cl)c(C(F)(F)F)c2)sc2c1CCCC2. The number of nitrogens with one attached hydrogen (secondary N) is 1. The van der Waals surface area contributed by atoms with Crippen molar-refractivity contribution in [3.05, 3.63) is 56.4 Å². The van der Waals surface area contributed by atoms with E-state index in [-0.39, 0.29) is 5.56 Å². The molecule has 0 spiro atoms. The van der Waals surface area contributed by atoms with Gasteiger partial charge in [0.1, 0.15) is 5.00 Å². The summed E-state index contributed by atoms with van der Waals surface area (Å²) in [4.78, 5) is 25.6. The summed E-state index contributed by atoms with van der Waals surface area (Å²) in [6.07, 6.45) is 1.33. The zero-order valence-corrected chi connectivity index (χ0v) is 16.9. The van der Waals surface area contributed by atoms with Gasteiger partial charge in [-0.25, -0.2) is 4.79 Å². The van der Waals surface area contributed by atoms with Crippen LogP contribution in [0.2, 0.25) is 5.02 Å². The fourth-order valence-corrected chi connectivity index (χ4v) is 4.67. The molecule has 4 nitrogen and oxygen atoms in total. The van der Waals surface area contributed by atoms with E-state index < -0.39 is 28.6 Å². The van der Waals surface area contributed by atoms with Crippen molar-refractivity contribution in [2.45, 2.75) is 31.9 Å². The van der Waals surface area contributed by atoms with Gasteiger partial charge in [-0.2, -0.15) is 13.2 Å². The van der Waals surface area contributed by atoms with Crippen LogP contribution in [0.5, 0.6) is 0 Å². The van der Waals surface area contributed by atoms with Gasteiger partial charge in [-0.15, -0.1) is 11.3 Å². The minimum Gasteiger partial charge on any atom is -0.465 e. The Morgan fingerprint density at radius 1 is 1.24 bits per heavy atom. The van der Waals surface area contributed by atoms with Crippen molar-refractivity contribution in [3.8, 4) is 0 Å². The number of carbonyl (C=O) groups is 2. The van der Waals surface area contributed by atoms with Gasteiger partial charge < -0.3 is 10.1 Å². The van der Waals surface area contributed by atoms with E-state index in [9.17, 15) is 22.8 Å². The number of halogens is 4. The third-order valence-corrected chi connectivity index (χ3v) is 6.06. The summed E-state index contributed by atoms with van der Waals surface area (Å²) in [6.45, 7) is 0. The predicted octanol–water partition coefficient (Wildman–Crippen LogP) is 5.74. The zero-order chi connectivity index (χ0) is 21.2. The standard InChI is InChI=1S/C20H17ClF3NO3S/c1-28-19(27)17-12-4-2-3-5-15(12)29-18(17)25-16(26)9-7-11-6-8-14(21)13(10-11)20(22,23)24/h6-10H,2-5H2,1H3,(H,25,26)/b9-7+. The zero-order valence-electron chi connectivity index (χ0n) is 15.4. The monoisotopic (exact) mass is 443 g/mol. The molecule has 0 fully saturated rings. The first kappa shape index (κ1) is 21.4. The van der Waals surface area contributed by atoms with Gasteiger partial charge in [0.05, 0.1) is 23.3 Å². The Morgan fingerprint density at radius 2 is 1.97 bits per heavy atom. The molecule has 9 heteroatoms. The maximum atomic E-state index is 13.0. The lowest BCUT2D eigenvalue weighted by atomic mass is 9.95. The number of benzene rings is 1. The van der Waals surface area contributed by atoms with E-state index in [1.807, 2.05) is 0 Å². The number of ether oxygens (including phenoxy) is 1. The van der Waals surface area contributed by atoms with Crippen LogP contribution in [0, 0.1) is 0 Å². The Labute approximate surface area is 174 Å². The van der Waals surface area contributed by atoms with Crippen LogP contribution in [0.4, 0.5) is 18.2 Å². The van der Waals surface area contributed by atoms with Crippen LogP contribution >= 0.6 is 22.9 Å². The van der Waals surface area contributed by atoms with Crippen LogP contribution in [0.25, 0.3) is 6.08 Å². The van der Waals surface area contributed by atoms with Gasteiger partial charge in [-0.05, 0) is 55.0 Å². The maximum absolute atomic E-state index is 13.0. The third kappa shape index (κ3) is 4.82. The molecule has 1 aromatic carbocycles. The molecule has 0 radical (unpaired) electrons. The van der Waals surface area contributed by atoms with Gasteiger partial charge in [0.15, 0.2) is 0 Å². The second kappa shape index (κ2) is 8.59. The molecule has 0 unspecified atom stereocenters. The number of amides is 1. The molecule has 3 rings (SSSR count). The van der Waals surface area contributed by atoms with E-state index in [1.54, 1.807) is 0 Å². The molecule has 154 valence electrons. The van der Waals surface area contributed by atoms with E-state index in [0.717, 1.165) is 54.3 Å². The minimum atomic E-state index is -4.59. The molecule has 2 aromatic rings. The summed E-state index contributed by atoms with van der Waals surface area (Å²) in [5.41, 5.74) is 0.468. The van der Waals surface area contributed by atoms with Crippen LogP contribution in [0.15, 0.2) is 24.3 Å². The molecule has 1 amide bonds. The molecule has 1 N–H and O–H groups in total. The molecule has 1 heterocycles. The van der Waals surface area contributed by atoms with Crippen LogP contribution < -0.4 is 5.32 Å². The Hall–Kier alpha value is -2.32. The number of esters is 1. The summed E-state index contributed by atoms with van der Waals surface area (Å²) in [5, 5.41) is 2.64. The average molecular weight is 444 g/mol. The molecule has 0 aliphatic heterocycles. The molecule has 29 heavy (non-hydrogen) atoms. The van der Waals surface area contributed by atoms with Gasteiger partial charge >= 0.3 is 12.1 Å². The van der Waals surface area contributed by atoms with Crippen molar-refractivity contribution in [2.75, 3.05) is 12.4 Å². The fourth-order valence-electron chi connectivity index (χ4n) is 3.16.